The molecular formula is C34H43BrN2. The van der Waals surface area contributed by atoms with E-state index >= 15 is 0 Å². The van der Waals surface area contributed by atoms with Crippen molar-refractivity contribution in [2.24, 2.45) is 0 Å². The number of rotatable bonds is 3. The maximum Gasteiger partial charge on any atom is 0.146 e. The Balaban J connectivity index is 0.000000765. The van der Waals surface area contributed by atoms with Crippen LogP contribution in [-0.4, -0.2) is 9.55 Å². The Morgan fingerprint density at radius 2 is 1.38 bits per heavy atom. The number of para-hydroxylation sites is 1. The van der Waals surface area contributed by atoms with Gasteiger partial charge in [0.1, 0.15) is 5.82 Å². The van der Waals surface area contributed by atoms with Crippen molar-refractivity contribution in [2.75, 3.05) is 0 Å². The van der Waals surface area contributed by atoms with Crippen LogP contribution in [0.25, 0.3) is 28.1 Å². The van der Waals surface area contributed by atoms with Gasteiger partial charge in [0.25, 0.3) is 0 Å². The van der Waals surface area contributed by atoms with Crippen molar-refractivity contribution in [3.8, 4) is 17.1 Å². The third kappa shape index (κ3) is 4.92. The van der Waals surface area contributed by atoms with Gasteiger partial charge in [-0.25, -0.2) is 4.98 Å². The minimum atomic E-state index is 0.420. The summed E-state index contributed by atoms with van der Waals surface area (Å²) in [5.74, 6) is 2.92. The molecule has 0 amide bonds. The molecule has 196 valence electrons. The molecule has 3 aliphatic carbocycles. The van der Waals surface area contributed by atoms with Gasteiger partial charge in [-0.2, -0.15) is 0 Å². The van der Waals surface area contributed by atoms with Gasteiger partial charge in [0.15, 0.2) is 0 Å². The van der Waals surface area contributed by atoms with Gasteiger partial charge >= 0.3 is 0 Å². The van der Waals surface area contributed by atoms with E-state index in [0.717, 1.165) is 27.6 Å². The highest BCUT2D eigenvalue weighted by molar-refractivity contribution is 9.10. The van der Waals surface area contributed by atoms with Gasteiger partial charge in [-0.3, -0.25) is 4.57 Å². The summed E-state index contributed by atoms with van der Waals surface area (Å²) in [5.41, 5.74) is 11.9. The normalized spacial score (nSPS) is 17.7. The second kappa shape index (κ2) is 11.6. The van der Waals surface area contributed by atoms with E-state index in [1.165, 1.54) is 59.1 Å². The summed E-state index contributed by atoms with van der Waals surface area (Å²) in [6.45, 7) is 17.0. The molecule has 0 unspecified atom stereocenters. The number of aromatic nitrogens is 2. The Kier molecular flexibility index (Phi) is 8.63. The van der Waals surface area contributed by atoms with Gasteiger partial charge in [0.05, 0.1) is 16.7 Å². The highest BCUT2D eigenvalue weighted by Gasteiger charge is 2.34. The van der Waals surface area contributed by atoms with Crippen LogP contribution in [0.3, 0.4) is 0 Å². The van der Waals surface area contributed by atoms with Gasteiger partial charge in [-0.05, 0) is 109 Å². The number of benzene rings is 3. The lowest BCUT2D eigenvalue weighted by atomic mass is 9.67. The molecule has 1 fully saturated rings. The predicted molar refractivity (Wildman–Crippen MR) is 164 cm³/mol. The summed E-state index contributed by atoms with van der Waals surface area (Å²) in [4.78, 5) is 5.36. The average molecular weight is 560 g/mol. The Morgan fingerprint density at radius 1 is 0.811 bits per heavy atom. The molecule has 0 spiro atoms. The molecule has 1 heterocycles. The summed E-state index contributed by atoms with van der Waals surface area (Å²) in [6.07, 6.45) is 5.38. The first-order valence-corrected chi connectivity index (χ1v) is 15.1. The molecule has 0 radical (unpaired) electrons. The standard InChI is InChI=1S/C30H31BrN2.2C2H6/c1-17(2)23-13-12-22(31)14-26(23)30-32-27-15-24-20-8-10-21(11-9-20)25(24)16-28(27)33(30)29-18(3)6-5-7-19(29)4;2*1-2/h5-7,12-17,20-21H,8-11H2,1-4H3;2*1-2H3. The molecule has 3 heteroatoms. The fourth-order valence-corrected chi connectivity index (χ4v) is 6.73. The van der Waals surface area contributed by atoms with Crippen LogP contribution in [0.1, 0.15) is 113 Å². The smallest absolute Gasteiger partial charge is 0.146 e. The highest BCUT2D eigenvalue weighted by Crippen LogP contribution is 2.51. The zero-order valence-corrected chi connectivity index (χ0v) is 25.5. The molecule has 1 saturated carbocycles. The Morgan fingerprint density at radius 3 is 1.95 bits per heavy atom. The molecule has 0 N–H and O–H groups in total. The van der Waals surface area contributed by atoms with Gasteiger partial charge < -0.3 is 0 Å². The zero-order valence-electron chi connectivity index (χ0n) is 24.0. The van der Waals surface area contributed by atoms with Gasteiger partial charge in [-0.15, -0.1) is 0 Å². The SMILES string of the molecule is CC.CC.Cc1cccc(C)c1-n1c(-c2cc(Br)ccc2C(C)C)nc2cc3c(cc21)C1CCC3CC1. The largest absolute Gasteiger partial charge is 0.292 e. The van der Waals surface area contributed by atoms with Crippen LogP contribution >= 0.6 is 15.9 Å². The number of halogens is 1. The molecule has 4 aromatic rings. The third-order valence-corrected chi connectivity index (χ3v) is 8.50. The van der Waals surface area contributed by atoms with Crippen LogP contribution in [0.5, 0.6) is 0 Å². The first kappa shape index (κ1) is 27.6. The number of aryl methyl sites for hydroxylation is 2. The molecular weight excluding hydrogens is 516 g/mol. The number of imidazole rings is 1. The van der Waals surface area contributed by atoms with E-state index in [1.807, 2.05) is 27.7 Å². The van der Waals surface area contributed by atoms with Crippen LogP contribution in [0.2, 0.25) is 0 Å². The van der Waals surface area contributed by atoms with Crippen LogP contribution in [0, 0.1) is 13.8 Å². The fraction of sp³-hybridized carbons (Fsp3) is 0.441. The lowest BCUT2D eigenvalue weighted by Crippen LogP contribution is -2.21. The molecule has 1 aromatic heterocycles. The van der Waals surface area contributed by atoms with Gasteiger partial charge in [-0.1, -0.05) is 81.7 Å². The van der Waals surface area contributed by atoms with Gasteiger partial charge in [0, 0.05) is 10.0 Å². The molecule has 2 nitrogen and oxygen atoms in total. The van der Waals surface area contributed by atoms with E-state index in [-0.39, 0.29) is 0 Å². The summed E-state index contributed by atoms with van der Waals surface area (Å²) < 4.78 is 3.55. The maximum absolute atomic E-state index is 5.36. The quantitative estimate of drug-likeness (QED) is 0.244. The van der Waals surface area contributed by atoms with E-state index in [0.29, 0.717) is 5.92 Å². The molecule has 3 aromatic carbocycles. The summed E-state index contributed by atoms with van der Waals surface area (Å²) >= 11 is 3.74. The number of nitrogens with zero attached hydrogens (tertiary/aromatic N) is 2. The van der Waals surface area contributed by atoms with Crippen LogP contribution in [0.4, 0.5) is 0 Å². The number of hydrogen-bond acceptors (Lipinski definition) is 1. The Bertz CT molecular complexity index is 1370. The molecule has 2 bridgehead atoms. The first-order valence-electron chi connectivity index (χ1n) is 14.3. The molecule has 0 atom stereocenters. The minimum absolute atomic E-state index is 0.420. The number of hydrogen-bond donors (Lipinski definition) is 0. The van der Waals surface area contributed by atoms with Crippen LogP contribution in [-0.2, 0) is 0 Å². The van der Waals surface area contributed by atoms with Gasteiger partial charge in [0.2, 0.25) is 0 Å². The second-order valence-corrected chi connectivity index (χ2v) is 11.3. The van der Waals surface area contributed by atoms with Crippen molar-refractivity contribution < 1.29 is 0 Å². The van der Waals surface area contributed by atoms with Crippen molar-refractivity contribution in [1.82, 2.24) is 9.55 Å². The predicted octanol–water partition coefficient (Wildman–Crippen LogP) is 11.0. The van der Waals surface area contributed by atoms with E-state index < -0.39 is 0 Å². The summed E-state index contributed by atoms with van der Waals surface area (Å²) in [5, 5.41) is 0. The van der Waals surface area contributed by atoms with Crippen LogP contribution in [0.15, 0.2) is 53.0 Å². The summed E-state index contributed by atoms with van der Waals surface area (Å²) in [7, 11) is 0. The molecule has 3 aliphatic rings. The van der Waals surface area contributed by atoms with Crippen LogP contribution < -0.4 is 0 Å². The van der Waals surface area contributed by atoms with E-state index in [2.05, 4.69) is 96.7 Å². The van der Waals surface area contributed by atoms with Crippen molar-refractivity contribution in [1.29, 1.82) is 0 Å². The maximum atomic E-state index is 5.36. The monoisotopic (exact) mass is 558 g/mol. The second-order valence-electron chi connectivity index (χ2n) is 10.4. The molecule has 7 rings (SSSR count). The fourth-order valence-electron chi connectivity index (χ4n) is 6.37. The molecule has 0 saturated heterocycles. The first-order chi connectivity index (χ1) is 17.9. The lowest BCUT2D eigenvalue weighted by molar-refractivity contribution is 0.359. The van der Waals surface area contributed by atoms with Crippen molar-refractivity contribution >= 4 is 27.0 Å². The van der Waals surface area contributed by atoms with Crippen molar-refractivity contribution in [2.45, 2.75) is 98.8 Å². The summed E-state index contributed by atoms with van der Waals surface area (Å²) in [6, 6.07) is 18.2. The Hall–Kier alpha value is -2.39. The Labute approximate surface area is 232 Å². The van der Waals surface area contributed by atoms with E-state index in [1.54, 1.807) is 11.1 Å². The average Bonchev–Trinajstić information content (AvgIpc) is 3.28. The zero-order chi connectivity index (χ0) is 26.9. The van der Waals surface area contributed by atoms with E-state index in [9.17, 15) is 0 Å². The van der Waals surface area contributed by atoms with E-state index in [4.69, 9.17) is 4.98 Å². The number of fused-ring (bicyclic) bond motifs is 3. The third-order valence-electron chi connectivity index (χ3n) is 8.01. The lowest BCUT2D eigenvalue weighted by Gasteiger charge is -2.38. The van der Waals surface area contributed by atoms with Crippen molar-refractivity contribution in [3.63, 3.8) is 0 Å². The topological polar surface area (TPSA) is 17.8 Å². The minimum Gasteiger partial charge on any atom is -0.292 e. The highest BCUT2D eigenvalue weighted by atomic mass is 79.9. The van der Waals surface area contributed by atoms with Crippen molar-refractivity contribution in [3.05, 3.63) is 80.8 Å². The molecule has 0 aliphatic heterocycles. The molecule has 37 heavy (non-hydrogen) atoms.